The number of fused-ring (bicyclic) bond motifs is 1. The molecule has 11 heteroatoms. The Morgan fingerprint density at radius 1 is 1.31 bits per heavy atom. The van der Waals surface area contributed by atoms with E-state index in [1.807, 2.05) is 36.4 Å². The van der Waals surface area contributed by atoms with Crippen LogP contribution >= 0.6 is 0 Å². The molecule has 2 aromatic carbocycles. The fraction of sp³-hybridized carbons (Fsp3) is 0.240. The molecule has 4 rings (SSSR count). The van der Waals surface area contributed by atoms with Gasteiger partial charge >= 0.3 is 0 Å². The Labute approximate surface area is 207 Å². The summed E-state index contributed by atoms with van der Waals surface area (Å²) in [4.78, 5) is 27.4. The Hall–Kier alpha value is -4.85. The van der Waals surface area contributed by atoms with E-state index in [4.69, 9.17) is 15.8 Å². The van der Waals surface area contributed by atoms with Crippen molar-refractivity contribution in [1.29, 1.82) is 5.26 Å². The molecule has 1 aliphatic heterocycles. The van der Waals surface area contributed by atoms with E-state index in [2.05, 4.69) is 25.9 Å². The average molecular weight is 487 g/mol. The lowest BCUT2D eigenvalue weighted by Crippen LogP contribution is -2.49. The number of benzene rings is 2. The Morgan fingerprint density at radius 3 is 2.86 bits per heavy atom. The summed E-state index contributed by atoms with van der Waals surface area (Å²) in [5, 5.41) is 25.2. The van der Waals surface area contributed by atoms with Crippen LogP contribution in [0.2, 0.25) is 0 Å². The zero-order valence-corrected chi connectivity index (χ0v) is 19.7. The average Bonchev–Trinajstić information content (AvgIpc) is 3.33. The van der Waals surface area contributed by atoms with E-state index in [0.29, 0.717) is 35.8 Å². The van der Waals surface area contributed by atoms with Crippen molar-refractivity contribution in [3.63, 3.8) is 0 Å². The van der Waals surface area contributed by atoms with Crippen molar-refractivity contribution in [3.8, 4) is 11.8 Å². The van der Waals surface area contributed by atoms with Crippen LogP contribution in [0.5, 0.6) is 5.75 Å². The van der Waals surface area contributed by atoms with Crippen molar-refractivity contribution in [2.75, 3.05) is 25.1 Å². The van der Waals surface area contributed by atoms with Crippen LogP contribution in [-0.2, 0) is 11.2 Å². The summed E-state index contributed by atoms with van der Waals surface area (Å²) in [7, 11) is 1.60. The van der Waals surface area contributed by atoms with Crippen LogP contribution < -0.4 is 26.1 Å². The Kier molecular flexibility index (Phi) is 7.45. The number of aromatic amines is 1. The fourth-order valence-corrected chi connectivity index (χ4v) is 3.82. The van der Waals surface area contributed by atoms with Crippen molar-refractivity contribution in [2.45, 2.75) is 18.9 Å². The number of amidine groups is 1. The maximum atomic E-state index is 13.2. The predicted molar refractivity (Wildman–Crippen MR) is 133 cm³/mol. The fourth-order valence-electron chi connectivity index (χ4n) is 3.82. The van der Waals surface area contributed by atoms with E-state index < -0.39 is 11.9 Å². The van der Waals surface area contributed by atoms with Gasteiger partial charge in [0.2, 0.25) is 0 Å². The molecule has 184 valence electrons. The minimum absolute atomic E-state index is 0.0409. The molecule has 1 aliphatic rings. The van der Waals surface area contributed by atoms with Gasteiger partial charge in [-0.1, -0.05) is 30.3 Å². The number of carbonyl (C=O) groups is 2. The quantitative estimate of drug-likeness (QED) is 0.129. The minimum atomic E-state index is -0.913. The van der Waals surface area contributed by atoms with Crippen LogP contribution in [0.1, 0.15) is 33.7 Å². The zero-order valence-electron chi connectivity index (χ0n) is 19.7. The molecule has 3 aromatic rings. The van der Waals surface area contributed by atoms with E-state index in [1.54, 1.807) is 31.3 Å². The normalized spacial score (nSPS) is 15.3. The molecule has 0 spiro atoms. The van der Waals surface area contributed by atoms with Gasteiger partial charge < -0.3 is 26.1 Å². The van der Waals surface area contributed by atoms with Crippen LogP contribution in [0.4, 0.5) is 5.69 Å². The first-order valence-electron chi connectivity index (χ1n) is 11.3. The monoisotopic (exact) mass is 486 g/mol. The maximum Gasteiger partial charge on any atom is 0.272 e. The lowest BCUT2D eigenvalue weighted by Gasteiger charge is -2.20. The summed E-state index contributed by atoms with van der Waals surface area (Å²) in [5.74, 6) is 5.54. The standard InChI is InChI=1S/C25H26N8O3/c1-33-21-13-17(23(30-27)28-11-5-10-26)8-9-22(21)36-15-20(25(33)35)29-24(34)19-14-18(31-32-19)12-16-6-3-2-4-7-16/h2-4,6-9,13-14,20H,5,11-12,15,27H2,1H3,(H,28,30)(H,29,34)(H,31,32). The predicted octanol–water partition coefficient (Wildman–Crippen LogP) is 1.28. The maximum absolute atomic E-state index is 13.2. The van der Waals surface area contributed by atoms with E-state index in [9.17, 15) is 9.59 Å². The van der Waals surface area contributed by atoms with Crippen LogP contribution in [0.25, 0.3) is 0 Å². The zero-order chi connectivity index (χ0) is 25.5. The number of rotatable bonds is 7. The molecule has 5 N–H and O–H groups in total. The molecule has 0 saturated heterocycles. The number of H-pyrrole nitrogens is 1. The van der Waals surface area contributed by atoms with E-state index in [1.165, 1.54) is 4.90 Å². The smallest absolute Gasteiger partial charge is 0.272 e. The van der Waals surface area contributed by atoms with Gasteiger partial charge in [0.05, 0.1) is 18.2 Å². The summed E-state index contributed by atoms with van der Waals surface area (Å²) in [6, 6.07) is 17.8. The molecule has 11 nitrogen and oxygen atoms in total. The van der Waals surface area contributed by atoms with Gasteiger partial charge in [0.25, 0.3) is 11.8 Å². The number of nitrogens with one attached hydrogen (secondary N) is 3. The number of nitriles is 1. The van der Waals surface area contributed by atoms with Gasteiger partial charge in [-0.3, -0.25) is 14.7 Å². The van der Waals surface area contributed by atoms with Crippen molar-refractivity contribution < 1.29 is 14.3 Å². The highest BCUT2D eigenvalue weighted by atomic mass is 16.5. The second kappa shape index (κ2) is 11.1. The number of anilines is 1. The molecular weight excluding hydrogens is 460 g/mol. The Morgan fingerprint density at radius 2 is 2.11 bits per heavy atom. The molecule has 0 aliphatic carbocycles. The third-order valence-corrected chi connectivity index (χ3v) is 5.69. The minimum Gasteiger partial charge on any atom is -0.489 e. The first-order chi connectivity index (χ1) is 17.5. The third-order valence-electron chi connectivity index (χ3n) is 5.69. The number of amides is 2. The van der Waals surface area contributed by atoms with Crippen LogP contribution in [0.15, 0.2) is 59.7 Å². The number of hydrogen-bond donors (Lipinski definition) is 4. The number of likely N-dealkylation sites (N-methyl/N-ethyl adjacent to an activating group) is 1. The molecule has 1 aromatic heterocycles. The number of hydrogen-bond acceptors (Lipinski definition) is 7. The molecule has 1 atom stereocenters. The summed E-state index contributed by atoms with van der Waals surface area (Å²) in [6.45, 7) is 0.337. The second-order valence-electron chi connectivity index (χ2n) is 8.17. The number of nitrogens with zero attached hydrogens (tertiary/aromatic N) is 4. The Bertz CT molecular complexity index is 1310. The number of nitrogens with two attached hydrogens (primary N) is 1. The highest BCUT2D eigenvalue weighted by Crippen LogP contribution is 2.31. The summed E-state index contributed by atoms with van der Waals surface area (Å²) in [6.07, 6.45) is 0.892. The van der Waals surface area contributed by atoms with Crippen molar-refractivity contribution in [1.82, 2.24) is 20.8 Å². The summed E-state index contributed by atoms with van der Waals surface area (Å²) < 4.78 is 5.85. The lowest BCUT2D eigenvalue weighted by molar-refractivity contribution is -0.120. The Balaban J connectivity index is 1.45. The van der Waals surface area contributed by atoms with E-state index >= 15 is 0 Å². The van der Waals surface area contributed by atoms with Crippen molar-refractivity contribution >= 4 is 23.3 Å². The molecule has 0 fully saturated rings. The molecule has 1 unspecified atom stereocenters. The molecule has 0 bridgehead atoms. The number of ether oxygens (including phenoxy) is 1. The molecule has 0 radical (unpaired) electrons. The topological polar surface area (TPSA) is 162 Å². The van der Waals surface area contributed by atoms with E-state index in [0.717, 1.165) is 11.3 Å². The number of aromatic nitrogens is 2. The van der Waals surface area contributed by atoms with Crippen molar-refractivity contribution in [3.05, 3.63) is 77.1 Å². The molecule has 0 saturated carbocycles. The van der Waals surface area contributed by atoms with Crippen LogP contribution in [-0.4, -0.2) is 54.1 Å². The highest BCUT2D eigenvalue weighted by Gasteiger charge is 2.31. The molecule has 2 heterocycles. The van der Waals surface area contributed by atoms with Gasteiger partial charge in [-0.15, -0.1) is 0 Å². The number of carbonyl (C=O) groups excluding carboxylic acids is 2. The number of hydrazone groups is 1. The van der Waals surface area contributed by atoms with Gasteiger partial charge in [0, 0.05) is 31.3 Å². The summed E-state index contributed by atoms with van der Waals surface area (Å²) in [5.41, 5.74) is 3.19. The van der Waals surface area contributed by atoms with Crippen LogP contribution in [0, 0.1) is 11.3 Å². The highest BCUT2D eigenvalue weighted by molar-refractivity contribution is 6.05. The molecule has 2 amide bonds. The SMILES string of the molecule is CN1C(=O)C(NC(=O)c2cc(Cc3ccccc3)[nH]n2)COc2ccc(/C(=N/N)NCCC#N)cc21. The van der Waals surface area contributed by atoms with Gasteiger partial charge in [-0.25, -0.2) is 0 Å². The largest absolute Gasteiger partial charge is 0.489 e. The van der Waals surface area contributed by atoms with Crippen molar-refractivity contribution in [2.24, 2.45) is 10.9 Å². The summed E-state index contributed by atoms with van der Waals surface area (Å²) >= 11 is 0. The molecular formula is C25H26N8O3. The van der Waals surface area contributed by atoms with Crippen LogP contribution in [0.3, 0.4) is 0 Å². The second-order valence-corrected chi connectivity index (χ2v) is 8.17. The van der Waals surface area contributed by atoms with Gasteiger partial charge in [-0.05, 0) is 29.8 Å². The lowest BCUT2D eigenvalue weighted by atomic mass is 10.1. The first kappa shape index (κ1) is 24.3. The third kappa shape index (κ3) is 5.44. The van der Waals surface area contributed by atoms with E-state index in [-0.39, 0.29) is 24.6 Å². The first-order valence-corrected chi connectivity index (χ1v) is 11.3. The van der Waals surface area contributed by atoms with Gasteiger partial charge in [0.1, 0.15) is 24.1 Å². The van der Waals surface area contributed by atoms with Gasteiger partial charge in [0.15, 0.2) is 5.84 Å². The molecule has 36 heavy (non-hydrogen) atoms. The van der Waals surface area contributed by atoms with Gasteiger partial charge in [-0.2, -0.15) is 15.5 Å².